The minimum absolute atomic E-state index is 0.304. The third-order valence-corrected chi connectivity index (χ3v) is 2.86. The number of anilines is 1. The number of aromatic nitrogens is 1. The molecule has 1 aromatic carbocycles. The number of benzene rings is 1. The first kappa shape index (κ1) is 13.2. The van der Waals surface area contributed by atoms with Gasteiger partial charge in [0.15, 0.2) is 0 Å². The van der Waals surface area contributed by atoms with Crippen molar-refractivity contribution in [3.05, 3.63) is 58.3 Å². The summed E-state index contributed by atoms with van der Waals surface area (Å²) in [5.74, 6) is -0.844. The second-order valence-corrected chi connectivity index (χ2v) is 4.58. The number of carbonyl (C=O) groups is 2. The fourth-order valence-corrected chi connectivity index (χ4v) is 1.70. The molecule has 6 heteroatoms. The molecule has 2 rings (SSSR count). The number of halogens is 1. The number of rotatable bonds is 3. The molecule has 0 aliphatic rings. The molecule has 5 nitrogen and oxygen atoms in total. The van der Waals surface area contributed by atoms with Crippen molar-refractivity contribution >= 4 is 33.4 Å². The standard InChI is InChI=1S/C13H10BrN3O2/c14-11-5-4-9(7-16-11)13(19)17-10-3-1-2-8(6-10)12(15)18/h1-7H,(H2,15,18)(H,17,19). The summed E-state index contributed by atoms with van der Waals surface area (Å²) in [4.78, 5) is 26.9. The Balaban J connectivity index is 2.17. The minimum Gasteiger partial charge on any atom is -0.366 e. The van der Waals surface area contributed by atoms with Crippen LogP contribution in [0.5, 0.6) is 0 Å². The number of amides is 2. The monoisotopic (exact) mass is 319 g/mol. The van der Waals surface area contributed by atoms with Gasteiger partial charge in [0.1, 0.15) is 4.60 Å². The SMILES string of the molecule is NC(=O)c1cccc(NC(=O)c2ccc(Br)nc2)c1. The topological polar surface area (TPSA) is 85.1 Å². The zero-order chi connectivity index (χ0) is 13.8. The van der Waals surface area contributed by atoms with Crippen molar-refractivity contribution in [2.24, 2.45) is 5.73 Å². The van der Waals surface area contributed by atoms with Crippen LogP contribution in [0.4, 0.5) is 5.69 Å². The van der Waals surface area contributed by atoms with Crippen molar-refractivity contribution in [2.45, 2.75) is 0 Å². The molecule has 0 radical (unpaired) electrons. The second-order valence-electron chi connectivity index (χ2n) is 3.77. The van der Waals surface area contributed by atoms with Crippen LogP contribution < -0.4 is 11.1 Å². The van der Waals surface area contributed by atoms with Crippen LogP contribution in [0.15, 0.2) is 47.2 Å². The molecule has 19 heavy (non-hydrogen) atoms. The van der Waals surface area contributed by atoms with Crippen molar-refractivity contribution < 1.29 is 9.59 Å². The number of nitrogens with zero attached hydrogens (tertiary/aromatic N) is 1. The number of primary amides is 1. The van der Waals surface area contributed by atoms with Gasteiger partial charge in [-0.1, -0.05) is 6.07 Å². The van der Waals surface area contributed by atoms with Crippen molar-refractivity contribution in [2.75, 3.05) is 5.32 Å². The summed E-state index contributed by atoms with van der Waals surface area (Å²) in [5.41, 5.74) is 6.44. The molecular formula is C13H10BrN3O2. The highest BCUT2D eigenvalue weighted by atomic mass is 79.9. The number of nitrogens with two attached hydrogens (primary N) is 1. The van der Waals surface area contributed by atoms with Crippen LogP contribution in [-0.4, -0.2) is 16.8 Å². The predicted molar refractivity (Wildman–Crippen MR) is 74.9 cm³/mol. The Hall–Kier alpha value is -2.21. The molecule has 1 aromatic heterocycles. The first-order valence-electron chi connectivity index (χ1n) is 5.39. The Morgan fingerprint density at radius 2 is 1.95 bits per heavy atom. The van der Waals surface area contributed by atoms with Gasteiger partial charge in [0.05, 0.1) is 5.56 Å². The zero-order valence-corrected chi connectivity index (χ0v) is 11.3. The maximum atomic E-state index is 11.9. The fraction of sp³-hybridized carbons (Fsp3) is 0. The Morgan fingerprint density at radius 1 is 1.16 bits per heavy atom. The summed E-state index contributed by atoms with van der Waals surface area (Å²) < 4.78 is 0.653. The molecule has 0 bridgehead atoms. The largest absolute Gasteiger partial charge is 0.366 e. The molecule has 0 saturated carbocycles. The van der Waals surface area contributed by atoms with E-state index in [9.17, 15) is 9.59 Å². The highest BCUT2D eigenvalue weighted by Gasteiger charge is 2.07. The molecule has 0 aliphatic heterocycles. The van der Waals surface area contributed by atoms with Gasteiger partial charge in [-0.25, -0.2) is 4.98 Å². The van der Waals surface area contributed by atoms with Gasteiger partial charge in [0.2, 0.25) is 5.91 Å². The van der Waals surface area contributed by atoms with Crippen molar-refractivity contribution in [1.29, 1.82) is 0 Å². The lowest BCUT2D eigenvalue weighted by Gasteiger charge is -2.06. The zero-order valence-electron chi connectivity index (χ0n) is 9.76. The Bertz CT molecular complexity index is 626. The Kier molecular flexibility index (Phi) is 3.91. The van der Waals surface area contributed by atoms with Gasteiger partial charge < -0.3 is 11.1 Å². The lowest BCUT2D eigenvalue weighted by Crippen LogP contribution is -2.14. The average molecular weight is 320 g/mol. The molecule has 0 aliphatic carbocycles. The van der Waals surface area contributed by atoms with Crippen molar-refractivity contribution in [3.8, 4) is 0 Å². The first-order chi connectivity index (χ1) is 9.06. The van der Waals surface area contributed by atoms with Crippen LogP contribution in [0.3, 0.4) is 0 Å². The summed E-state index contributed by atoms with van der Waals surface area (Å²) >= 11 is 3.19. The maximum Gasteiger partial charge on any atom is 0.257 e. The molecule has 0 atom stereocenters. The smallest absolute Gasteiger partial charge is 0.257 e. The van der Waals surface area contributed by atoms with E-state index in [2.05, 4.69) is 26.2 Å². The lowest BCUT2D eigenvalue weighted by atomic mass is 10.2. The lowest BCUT2D eigenvalue weighted by molar-refractivity contribution is 0.0996. The van der Waals surface area contributed by atoms with Gasteiger partial charge in [0.25, 0.3) is 5.91 Å². The second kappa shape index (κ2) is 5.62. The number of carbonyl (C=O) groups excluding carboxylic acids is 2. The molecule has 2 amide bonds. The van der Waals surface area contributed by atoms with Crippen molar-refractivity contribution in [1.82, 2.24) is 4.98 Å². The summed E-state index contributed by atoms with van der Waals surface area (Å²) in [5, 5.41) is 2.67. The van der Waals surface area contributed by atoms with Crippen LogP contribution in [0.25, 0.3) is 0 Å². The van der Waals surface area contributed by atoms with Crippen LogP contribution >= 0.6 is 15.9 Å². The molecule has 0 saturated heterocycles. The molecule has 0 fully saturated rings. The summed E-state index contributed by atoms with van der Waals surface area (Å²) in [6.07, 6.45) is 1.46. The molecular weight excluding hydrogens is 310 g/mol. The van der Waals surface area contributed by atoms with E-state index in [-0.39, 0.29) is 5.91 Å². The van der Waals surface area contributed by atoms with Crippen LogP contribution in [0.2, 0.25) is 0 Å². The van der Waals surface area contributed by atoms with E-state index < -0.39 is 5.91 Å². The Morgan fingerprint density at radius 3 is 2.58 bits per heavy atom. The highest BCUT2D eigenvalue weighted by Crippen LogP contribution is 2.13. The molecule has 0 unspecified atom stereocenters. The number of pyridine rings is 1. The van der Waals surface area contributed by atoms with E-state index in [4.69, 9.17) is 5.73 Å². The normalized spacial score (nSPS) is 9.95. The fourth-order valence-electron chi connectivity index (χ4n) is 1.46. The molecule has 3 N–H and O–H groups in total. The van der Waals surface area contributed by atoms with E-state index >= 15 is 0 Å². The Labute approximate surface area is 118 Å². The van der Waals surface area contributed by atoms with Gasteiger partial charge in [-0.15, -0.1) is 0 Å². The molecule has 96 valence electrons. The number of hydrogen-bond donors (Lipinski definition) is 2. The minimum atomic E-state index is -0.540. The first-order valence-corrected chi connectivity index (χ1v) is 6.18. The third-order valence-electron chi connectivity index (χ3n) is 2.39. The summed E-state index contributed by atoms with van der Waals surface area (Å²) in [6, 6.07) is 9.75. The quantitative estimate of drug-likeness (QED) is 0.850. The summed E-state index contributed by atoms with van der Waals surface area (Å²) in [7, 11) is 0. The summed E-state index contributed by atoms with van der Waals surface area (Å²) in [6.45, 7) is 0. The highest BCUT2D eigenvalue weighted by molar-refractivity contribution is 9.10. The van der Waals surface area contributed by atoms with Gasteiger partial charge in [0, 0.05) is 17.4 Å². The van der Waals surface area contributed by atoms with Crippen molar-refractivity contribution in [3.63, 3.8) is 0 Å². The van der Waals surface area contributed by atoms with E-state index in [1.54, 1.807) is 30.3 Å². The molecule has 0 spiro atoms. The van der Waals surface area contributed by atoms with Crippen LogP contribution in [-0.2, 0) is 0 Å². The average Bonchev–Trinajstić information content (AvgIpc) is 2.39. The maximum absolute atomic E-state index is 11.9. The third kappa shape index (κ3) is 3.38. The van der Waals surface area contributed by atoms with E-state index in [0.29, 0.717) is 21.4 Å². The van der Waals surface area contributed by atoms with E-state index in [1.807, 2.05) is 0 Å². The number of hydrogen-bond acceptors (Lipinski definition) is 3. The molecule has 1 heterocycles. The van der Waals surface area contributed by atoms with E-state index in [0.717, 1.165) is 0 Å². The van der Waals surface area contributed by atoms with Gasteiger partial charge in [-0.3, -0.25) is 9.59 Å². The van der Waals surface area contributed by atoms with Gasteiger partial charge in [-0.2, -0.15) is 0 Å². The van der Waals surface area contributed by atoms with E-state index in [1.165, 1.54) is 12.3 Å². The molecule has 2 aromatic rings. The number of nitrogens with one attached hydrogen (secondary N) is 1. The van der Waals surface area contributed by atoms with Crippen LogP contribution in [0, 0.1) is 0 Å². The van der Waals surface area contributed by atoms with Gasteiger partial charge in [-0.05, 0) is 46.3 Å². The predicted octanol–water partition coefficient (Wildman–Crippen LogP) is 2.20. The van der Waals surface area contributed by atoms with Gasteiger partial charge >= 0.3 is 0 Å². The van der Waals surface area contributed by atoms with Crippen LogP contribution in [0.1, 0.15) is 20.7 Å².